The molecule has 2 nitrogen and oxygen atoms in total. The van der Waals surface area contributed by atoms with Crippen molar-refractivity contribution in [3.05, 3.63) is 59.0 Å². The molecule has 2 aromatic rings. The zero-order valence-corrected chi connectivity index (χ0v) is 12.4. The molecular weight excluding hydrogens is 246 g/mol. The Morgan fingerprint density at radius 3 is 2.45 bits per heavy atom. The van der Waals surface area contributed by atoms with Crippen molar-refractivity contribution in [3.63, 3.8) is 0 Å². The Morgan fingerprint density at radius 2 is 1.95 bits per heavy atom. The molecule has 3 rings (SSSR count). The van der Waals surface area contributed by atoms with Crippen LogP contribution in [0.15, 0.2) is 41.0 Å². The van der Waals surface area contributed by atoms with Crippen LogP contribution in [0.5, 0.6) is 0 Å². The van der Waals surface area contributed by atoms with Gasteiger partial charge in [-0.3, -0.25) is 0 Å². The van der Waals surface area contributed by atoms with Crippen LogP contribution in [0.25, 0.3) is 0 Å². The molecule has 0 amide bonds. The smallest absolute Gasteiger partial charge is 0.101 e. The molecule has 1 saturated carbocycles. The molecule has 1 fully saturated rings. The molecule has 1 aromatic carbocycles. The highest BCUT2D eigenvalue weighted by molar-refractivity contribution is 5.34. The molecule has 1 aliphatic carbocycles. The third-order valence-corrected chi connectivity index (χ3v) is 4.34. The topological polar surface area (TPSA) is 25.2 Å². The van der Waals surface area contributed by atoms with Crippen molar-refractivity contribution in [1.29, 1.82) is 0 Å². The third kappa shape index (κ3) is 2.66. The van der Waals surface area contributed by atoms with E-state index < -0.39 is 0 Å². The maximum atomic E-state index is 5.46. The monoisotopic (exact) mass is 269 g/mol. The molecule has 0 radical (unpaired) electrons. The lowest BCUT2D eigenvalue weighted by atomic mass is 9.79. The maximum absolute atomic E-state index is 5.46. The van der Waals surface area contributed by atoms with Gasteiger partial charge in [0.1, 0.15) is 5.76 Å². The molecule has 1 heterocycles. The number of nitrogens with one attached hydrogen (secondary N) is 1. The highest BCUT2D eigenvalue weighted by atomic mass is 16.3. The van der Waals surface area contributed by atoms with Gasteiger partial charge in [-0.05, 0) is 49.4 Å². The first-order valence-electron chi connectivity index (χ1n) is 7.66. The first-order chi connectivity index (χ1) is 9.78. The van der Waals surface area contributed by atoms with Gasteiger partial charge in [-0.15, -0.1) is 0 Å². The van der Waals surface area contributed by atoms with E-state index in [4.69, 9.17) is 4.42 Å². The minimum atomic E-state index is 0.230. The molecule has 0 aliphatic heterocycles. The maximum Gasteiger partial charge on any atom is 0.101 e. The van der Waals surface area contributed by atoms with Gasteiger partial charge in [0.2, 0.25) is 0 Å². The van der Waals surface area contributed by atoms with Crippen LogP contribution in [-0.2, 0) is 0 Å². The number of rotatable bonds is 5. The Hall–Kier alpha value is -1.54. The number of furan rings is 1. The second-order valence-electron chi connectivity index (χ2n) is 5.78. The van der Waals surface area contributed by atoms with Gasteiger partial charge in [-0.1, -0.05) is 37.6 Å². The second kappa shape index (κ2) is 5.84. The Labute approximate surface area is 121 Å². The van der Waals surface area contributed by atoms with E-state index in [2.05, 4.69) is 42.6 Å². The molecule has 0 bridgehead atoms. The molecule has 106 valence electrons. The van der Waals surface area contributed by atoms with E-state index in [1.165, 1.54) is 36.0 Å². The zero-order valence-electron chi connectivity index (χ0n) is 12.4. The molecule has 1 unspecified atom stereocenters. The first kappa shape index (κ1) is 13.4. The highest BCUT2D eigenvalue weighted by Gasteiger charge is 2.20. The van der Waals surface area contributed by atoms with Gasteiger partial charge in [-0.25, -0.2) is 0 Å². The van der Waals surface area contributed by atoms with Gasteiger partial charge >= 0.3 is 0 Å². The SMILES string of the molecule is CCNC(c1ccc(C2CCC2)cc1)c1coc(C)c1. The van der Waals surface area contributed by atoms with Crippen LogP contribution in [0.3, 0.4) is 0 Å². The minimum absolute atomic E-state index is 0.230. The summed E-state index contributed by atoms with van der Waals surface area (Å²) >= 11 is 0. The Kier molecular flexibility index (Phi) is 3.93. The predicted octanol–water partition coefficient (Wildman–Crippen LogP) is 4.55. The standard InChI is InChI=1S/C18H23NO/c1-3-19-18(17-11-13(2)20-12-17)16-9-7-15(8-10-16)14-5-4-6-14/h7-12,14,18-19H,3-6H2,1-2H3. The lowest BCUT2D eigenvalue weighted by Gasteiger charge is -2.26. The molecular formula is C18H23NO. The molecule has 1 aliphatic rings. The number of benzene rings is 1. The summed E-state index contributed by atoms with van der Waals surface area (Å²) in [4.78, 5) is 0. The molecule has 0 spiro atoms. The van der Waals surface area contributed by atoms with Crippen LogP contribution >= 0.6 is 0 Å². The molecule has 1 N–H and O–H groups in total. The van der Waals surface area contributed by atoms with Crippen LogP contribution < -0.4 is 5.32 Å². The normalized spacial score (nSPS) is 16.9. The van der Waals surface area contributed by atoms with E-state index >= 15 is 0 Å². The van der Waals surface area contributed by atoms with Crippen LogP contribution in [0.1, 0.15) is 60.6 Å². The average Bonchev–Trinajstić information content (AvgIpc) is 2.82. The summed E-state index contributed by atoms with van der Waals surface area (Å²) in [6.07, 6.45) is 5.97. The fraction of sp³-hybridized carbons (Fsp3) is 0.444. The van der Waals surface area contributed by atoms with E-state index in [9.17, 15) is 0 Å². The Morgan fingerprint density at radius 1 is 1.20 bits per heavy atom. The first-order valence-corrected chi connectivity index (χ1v) is 7.66. The second-order valence-corrected chi connectivity index (χ2v) is 5.78. The Balaban J connectivity index is 1.83. The fourth-order valence-corrected chi connectivity index (χ4v) is 2.95. The van der Waals surface area contributed by atoms with Crippen LogP contribution in [0, 0.1) is 6.92 Å². The number of hydrogen-bond acceptors (Lipinski definition) is 2. The summed E-state index contributed by atoms with van der Waals surface area (Å²) in [6.45, 7) is 5.08. The van der Waals surface area contributed by atoms with Gasteiger partial charge in [0.15, 0.2) is 0 Å². The highest BCUT2D eigenvalue weighted by Crippen LogP contribution is 2.36. The van der Waals surface area contributed by atoms with Crippen molar-refractivity contribution >= 4 is 0 Å². The van der Waals surface area contributed by atoms with Gasteiger partial charge in [0.05, 0.1) is 12.3 Å². The molecule has 1 aromatic heterocycles. The summed E-state index contributed by atoms with van der Waals surface area (Å²) in [6, 6.07) is 11.5. The van der Waals surface area contributed by atoms with Crippen LogP contribution in [-0.4, -0.2) is 6.54 Å². The van der Waals surface area contributed by atoms with E-state index in [0.717, 1.165) is 18.2 Å². The van der Waals surface area contributed by atoms with Crippen molar-refractivity contribution in [2.45, 2.75) is 45.1 Å². The Bertz CT molecular complexity index is 551. The van der Waals surface area contributed by atoms with Gasteiger partial charge < -0.3 is 9.73 Å². The van der Waals surface area contributed by atoms with Gasteiger partial charge in [0.25, 0.3) is 0 Å². The number of hydrogen-bond donors (Lipinski definition) is 1. The van der Waals surface area contributed by atoms with E-state index in [-0.39, 0.29) is 6.04 Å². The molecule has 2 heteroatoms. The van der Waals surface area contributed by atoms with Crippen molar-refractivity contribution in [2.24, 2.45) is 0 Å². The average molecular weight is 269 g/mol. The minimum Gasteiger partial charge on any atom is -0.469 e. The lowest BCUT2D eigenvalue weighted by Crippen LogP contribution is -2.21. The molecule has 1 atom stereocenters. The summed E-state index contributed by atoms with van der Waals surface area (Å²) in [7, 11) is 0. The van der Waals surface area contributed by atoms with E-state index in [1.807, 2.05) is 13.2 Å². The lowest BCUT2D eigenvalue weighted by molar-refractivity contribution is 0.419. The summed E-state index contributed by atoms with van der Waals surface area (Å²) in [5.74, 6) is 1.77. The van der Waals surface area contributed by atoms with Gasteiger partial charge in [0, 0.05) is 5.56 Å². The summed E-state index contributed by atoms with van der Waals surface area (Å²) < 4.78 is 5.46. The molecule has 0 saturated heterocycles. The summed E-state index contributed by atoms with van der Waals surface area (Å²) in [5.41, 5.74) is 4.02. The van der Waals surface area contributed by atoms with Crippen molar-refractivity contribution < 1.29 is 4.42 Å². The molecule has 20 heavy (non-hydrogen) atoms. The fourth-order valence-electron chi connectivity index (χ4n) is 2.95. The van der Waals surface area contributed by atoms with Gasteiger partial charge in [-0.2, -0.15) is 0 Å². The van der Waals surface area contributed by atoms with E-state index in [0.29, 0.717) is 0 Å². The van der Waals surface area contributed by atoms with Crippen LogP contribution in [0.4, 0.5) is 0 Å². The van der Waals surface area contributed by atoms with Crippen molar-refractivity contribution in [3.8, 4) is 0 Å². The predicted molar refractivity (Wildman–Crippen MR) is 82.0 cm³/mol. The number of aryl methyl sites for hydroxylation is 1. The largest absolute Gasteiger partial charge is 0.469 e. The van der Waals surface area contributed by atoms with Crippen LogP contribution in [0.2, 0.25) is 0 Å². The quantitative estimate of drug-likeness (QED) is 0.861. The third-order valence-electron chi connectivity index (χ3n) is 4.34. The summed E-state index contributed by atoms with van der Waals surface area (Å²) in [5, 5.41) is 3.55. The van der Waals surface area contributed by atoms with E-state index in [1.54, 1.807) is 0 Å². The van der Waals surface area contributed by atoms with Crippen molar-refractivity contribution in [1.82, 2.24) is 5.32 Å². The zero-order chi connectivity index (χ0) is 13.9. The van der Waals surface area contributed by atoms with Crippen molar-refractivity contribution in [2.75, 3.05) is 6.54 Å².